The van der Waals surface area contributed by atoms with Crippen molar-refractivity contribution in [2.45, 2.75) is 0 Å². The van der Waals surface area contributed by atoms with Crippen molar-refractivity contribution in [1.82, 2.24) is 4.98 Å². The summed E-state index contributed by atoms with van der Waals surface area (Å²) in [5, 5.41) is 0. The molecular weight excluding hydrogens is 303 g/mol. The zero-order valence-electron chi connectivity index (χ0n) is 9.06. The highest BCUT2D eigenvalue weighted by atomic mass is 79.9. The molecule has 0 atom stereocenters. The summed E-state index contributed by atoms with van der Waals surface area (Å²) in [6.45, 7) is 0. The number of pyridine rings is 1. The number of halogens is 2. The third-order valence-electron chi connectivity index (χ3n) is 2.08. The Morgan fingerprint density at radius 2 is 2.11 bits per heavy atom. The number of amides is 1. The van der Waals surface area contributed by atoms with Crippen molar-refractivity contribution < 1.29 is 13.9 Å². The number of hydrogen-bond donors (Lipinski definition) is 1. The van der Waals surface area contributed by atoms with E-state index in [1.807, 2.05) is 0 Å². The van der Waals surface area contributed by atoms with Gasteiger partial charge in [-0.2, -0.15) is 0 Å². The molecule has 0 saturated heterocycles. The summed E-state index contributed by atoms with van der Waals surface area (Å²) in [6.07, 6.45) is 1.39. The van der Waals surface area contributed by atoms with Crippen LogP contribution in [0.4, 0.5) is 4.39 Å². The molecule has 2 aromatic rings. The fourth-order valence-electron chi connectivity index (χ4n) is 1.33. The summed E-state index contributed by atoms with van der Waals surface area (Å²) in [4.78, 5) is 14.9. The molecule has 0 fully saturated rings. The maximum Gasteiger partial charge on any atom is 0.248 e. The van der Waals surface area contributed by atoms with Gasteiger partial charge in [-0.3, -0.25) is 4.79 Å². The van der Waals surface area contributed by atoms with Crippen molar-refractivity contribution in [2.75, 3.05) is 0 Å². The molecule has 0 aliphatic heterocycles. The van der Waals surface area contributed by atoms with Gasteiger partial charge >= 0.3 is 0 Å². The lowest BCUT2D eigenvalue weighted by molar-refractivity contribution is 0.1000. The molecule has 92 valence electrons. The SMILES string of the molecule is NC(=O)c1ccnc(Oc2cc(F)cc(Br)c2)c1. The monoisotopic (exact) mass is 310 g/mol. The molecule has 0 radical (unpaired) electrons. The van der Waals surface area contributed by atoms with Crippen LogP contribution in [0.3, 0.4) is 0 Å². The van der Waals surface area contributed by atoms with Gasteiger partial charge in [0.25, 0.3) is 0 Å². The predicted octanol–water partition coefficient (Wildman–Crippen LogP) is 2.87. The van der Waals surface area contributed by atoms with E-state index in [0.29, 0.717) is 4.47 Å². The highest BCUT2D eigenvalue weighted by Crippen LogP contribution is 2.25. The van der Waals surface area contributed by atoms with E-state index in [1.54, 1.807) is 6.07 Å². The van der Waals surface area contributed by atoms with Crippen molar-refractivity contribution >= 4 is 21.8 Å². The zero-order valence-corrected chi connectivity index (χ0v) is 10.6. The number of ether oxygens (including phenoxy) is 1. The first-order valence-corrected chi connectivity index (χ1v) is 5.74. The second-order valence-electron chi connectivity index (χ2n) is 3.45. The fraction of sp³-hybridized carbons (Fsp3) is 0. The Kier molecular flexibility index (Phi) is 3.57. The molecule has 1 heterocycles. The molecule has 1 aromatic carbocycles. The van der Waals surface area contributed by atoms with Crippen LogP contribution in [-0.2, 0) is 0 Å². The normalized spacial score (nSPS) is 10.1. The van der Waals surface area contributed by atoms with Crippen LogP contribution >= 0.6 is 15.9 Å². The number of nitrogens with two attached hydrogens (primary N) is 1. The highest BCUT2D eigenvalue weighted by Gasteiger charge is 2.06. The van der Waals surface area contributed by atoms with E-state index >= 15 is 0 Å². The molecule has 4 nitrogen and oxygen atoms in total. The second kappa shape index (κ2) is 5.14. The molecule has 0 aliphatic carbocycles. The van der Waals surface area contributed by atoms with Gasteiger partial charge < -0.3 is 10.5 Å². The Morgan fingerprint density at radius 1 is 1.33 bits per heavy atom. The summed E-state index contributed by atoms with van der Waals surface area (Å²) in [5.74, 6) is -0.576. The second-order valence-corrected chi connectivity index (χ2v) is 4.37. The number of benzene rings is 1. The maximum atomic E-state index is 13.1. The zero-order chi connectivity index (χ0) is 13.1. The summed E-state index contributed by atoms with van der Waals surface area (Å²) in [5.41, 5.74) is 5.41. The van der Waals surface area contributed by atoms with E-state index in [9.17, 15) is 9.18 Å². The van der Waals surface area contributed by atoms with Crippen molar-refractivity contribution in [3.8, 4) is 11.6 Å². The van der Waals surface area contributed by atoms with Crippen LogP contribution in [0, 0.1) is 5.82 Å². The Hall–Kier alpha value is -1.95. The Morgan fingerprint density at radius 3 is 2.78 bits per heavy atom. The van der Waals surface area contributed by atoms with Gasteiger partial charge in [0.2, 0.25) is 11.8 Å². The van der Waals surface area contributed by atoms with Gasteiger partial charge in [-0.1, -0.05) is 15.9 Å². The molecule has 0 aliphatic rings. The Labute approximate surface area is 111 Å². The van der Waals surface area contributed by atoms with E-state index in [2.05, 4.69) is 20.9 Å². The van der Waals surface area contributed by atoms with Gasteiger partial charge in [-0.05, 0) is 18.2 Å². The van der Waals surface area contributed by atoms with Crippen LogP contribution < -0.4 is 10.5 Å². The first kappa shape index (κ1) is 12.5. The minimum Gasteiger partial charge on any atom is -0.439 e. The number of primary amides is 1. The first-order valence-electron chi connectivity index (χ1n) is 4.94. The molecule has 2 N–H and O–H groups in total. The van der Waals surface area contributed by atoms with Gasteiger partial charge in [0, 0.05) is 28.4 Å². The van der Waals surface area contributed by atoms with Crippen LogP contribution in [0.1, 0.15) is 10.4 Å². The largest absolute Gasteiger partial charge is 0.439 e. The Balaban J connectivity index is 2.28. The third-order valence-corrected chi connectivity index (χ3v) is 2.54. The van der Waals surface area contributed by atoms with Crippen molar-refractivity contribution in [2.24, 2.45) is 5.73 Å². The summed E-state index contributed by atoms with van der Waals surface area (Å²) < 4.78 is 19.0. The smallest absolute Gasteiger partial charge is 0.248 e. The van der Waals surface area contributed by atoms with E-state index < -0.39 is 11.7 Å². The van der Waals surface area contributed by atoms with E-state index in [-0.39, 0.29) is 17.2 Å². The predicted molar refractivity (Wildman–Crippen MR) is 66.9 cm³/mol. The molecular formula is C12H8BrFN2O2. The standard InChI is InChI=1S/C12H8BrFN2O2/c13-8-4-9(14)6-10(5-8)18-11-3-7(12(15)17)1-2-16-11/h1-6H,(H2,15,17). The fourth-order valence-corrected chi connectivity index (χ4v) is 1.77. The minimum absolute atomic E-state index is 0.170. The van der Waals surface area contributed by atoms with Gasteiger partial charge in [-0.25, -0.2) is 9.37 Å². The van der Waals surface area contributed by atoms with Crippen LogP contribution in [0.25, 0.3) is 0 Å². The lowest BCUT2D eigenvalue weighted by Gasteiger charge is -2.06. The number of nitrogens with zero attached hydrogens (tertiary/aromatic N) is 1. The molecule has 0 spiro atoms. The van der Waals surface area contributed by atoms with Gasteiger partial charge in [0.15, 0.2) is 0 Å². The van der Waals surface area contributed by atoms with Crippen molar-refractivity contribution in [1.29, 1.82) is 0 Å². The summed E-state index contributed by atoms with van der Waals surface area (Å²) in [6, 6.07) is 6.96. The molecule has 6 heteroatoms. The summed E-state index contributed by atoms with van der Waals surface area (Å²) in [7, 11) is 0. The number of carbonyl (C=O) groups excluding carboxylic acids is 1. The average Bonchev–Trinajstić information content (AvgIpc) is 2.27. The van der Waals surface area contributed by atoms with Crippen LogP contribution in [-0.4, -0.2) is 10.9 Å². The van der Waals surface area contributed by atoms with Crippen LogP contribution in [0.5, 0.6) is 11.6 Å². The van der Waals surface area contributed by atoms with E-state index in [4.69, 9.17) is 10.5 Å². The number of rotatable bonds is 3. The summed E-state index contributed by atoms with van der Waals surface area (Å²) >= 11 is 3.15. The van der Waals surface area contributed by atoms with Gasteiger partial charge in [0.05, 0.1) is 0 Å². The van der Waals surface area contributed by atoms with Gasteiger partial charge in [-0.15, -0.1) is 0 Å². The number of aromatic nitrogens is 1. The first-order chi connectivity index (χ1) is 8.54. The van der Waals surface area contributed by atoms with Crippen molar-refractivity contribution in [3.63, 3.8) is 0 Å². The molecule has 18 heavy (non-hydrogen) atoms. The third kappa shape index (κ3) is 3.04. The number of carbonyl (C=O) groups is 1. The highest BCUT2D eigenvalue weighted by molar-refractivity contribution is 9.10. The number of hydrogen-bond acceptors (Lipinski definition) is 3. The quantitative estimate of drug-likeness (QED) is 0.948. The van der Waals surface area contributed by atoms with Gasteiger partial charge in [0.1, 0.15) is 11.6 Å². The lowest BCUT2D eigenvalue weighted by Crippen LogP contribution is -2.10. The molecule has 1 amide bonds. The van der Waals surface area contributed by atoms with Crippen LogP contribution in [0.2, 0.25) is 0 Å². The molecule has 0 bridgehead atoms. The van der Waals surface area contributed by atoms with Crippen molar-refractivity contribution in [3.05, 3.63) is 52.4 Å². The topological polar surface area (TPSA) is 65.2 Å². The Bertz CT molecular complexity index is 584. The average molecular weight is 311 g/mol. The van der Waals surface area contributed by atoms with E-state index in [1.165, 1.54) is 30.5 Å². The molecule has 2 rings (SSSR count). The maximum absolute atomic E-state index is 13.1. The molecule has 1 aromatic heterocycles. The van der Waals surface area contributed by atoms with E-state index in [0.717, 1.165) is 0 Å². The molecule has 0 saturated carbocycles. The van der Waals surface area contributed by atoms with Crippen LogP contribution in [0.15, 0.2) is 41.0 Å². The minimum atomic E-state index is -0.581. The lowest BCUT2D eigenvalue weighted by atomic mass is 10.2. The molecule has 0 unspecified atom stereocenters.